The van der Waals surface area contributed by atoms with Crippen LogP contribution in [0.1, 0.15) is 55.5 Å². The number of fused-ring (bicyclic) bond motifs is 20. The van der Waals surface area contributed by atoms with Crippen LogP contribution < -0.4 is 30.2 Å². The van der Waals surface area contributed by atoms with Gasteiger partial charge in [-0.2, -0.15) is 5.26 Å². The number of nitrogens with zero attached hydrogens (tertiary/aromatic N) is 6. The van der Waals surface area contributed by atoms with E-state index in [2.05, 4.69) is 179 Å². The number of hydrogen-bond acceptors (Lipinski definition) is 7. The zero-order valence-corrected chi connectivity index (χ0v) is 35.0. The first kappa shape index (κ1) is 34.4. The molecule has 0 radical (unpaired) electrons. The van der Waals surface area contributed by atoms with E-state index in [1.54, 1.807) is 0 Å². The van der Waals surface area contributed by atoms with E-state index in [4.69, 9.17) is 6.57 Å². The molecule has 0 aliphatic carbocycles. The van der Waals surface area contributed by atoms with Crippen LogP contribution in [-0.4, -0.2) is 14.0 Å². The maximum absolute atomic E-state index is 10.4. The fourth-order valence-corrected chi connectivity index (χ4v) is 13.5. The van der Waals surface area contributed by atoms with Crippen molar-refractivity contribution in [3.05, 3.63) is 173 Å². The lowest BCUT2D eigenvalue weighted by molar-refractivity contribution is 0.623. The van der Waals surface area contributed by atoms with Gasteiger partial charge in [-0.05, 0) is 82.7 Å². The van der Waals surface area contributed by atoms with Crippen molar-refractivity contribution in [3.8, 4) is 6.07 Å². The Morgan fingerprint density at radius 1 is 0.517 bits per heavy atom. The molecule has 60 heavy (non-hydrogen) atoms. The molecule has 0 atom stereocenters. The smallest absolute Gasteiger partial charge is 0.359 e. The van der Waals surface area contributed by atoms with Crippen LogP contribution in [0.5, 0.6) is 0 Å². The molecule has 0 spiro atoms. The molecule has 0 saturated heterocycles. The highest BCUT2D eigenvalue weighted by Gasteiger charge is 2.62. The van der Waals surface area contributed by atoms with Crippen molar-refractivity contribution in [1.82, 2.24) is 0 Å². The van der Waals surface area contributed by atoms with Crippen LogP contribution >= 0.6 is 23.5 Å². The molecule has 7 aromatic rings. The van der Waals surface area contributed by atoms with E-state index in [-0.39, 0.29) is 14.0 Å². The van der Waals surface area contributed by atoms with Gasteiger partial charge in [-0.15, -0.1) is 0 Å². The third-order valence-corrected chi connectivity index (χ3v) is 16.1. The topological polar surface area (TPSA) is 41.1 Å². The summed E-state index contributed by atoms with van der Waals surface area (Å²) in [5.74, 6) is 0. The highest BCUT2D eigenvalue weighted by Crippen LogP contribution is 2.71. The highest BCUT2D eigenvalue weighted by atomic mass is 32.2. The zero-order chi connectivity index (χ0) is 40.4. The van der Waals surface area contributed by atoms with Gasteiger partial charge in [0.2, 0.25) is 0 Å². The standard InChI is InChI=1S/C50H34B2N6S2/c1-49(2)31-26-29(28-53)22-24-35(31)55-45-43(49)47-46-44(48(45)58-38-17-9-13-21-42(38)59-39-18-10-6-14-33(39)51(55)58)50(3,4)32-27-30(54-5)23-25-36(32)56(46)52-34-15-7-11-19-40(34)60-41-20-12-8-16-37(41)57(47)52/h6-27H,1-4H3. The minimum atomic E-state index is -0.529. The second-order valence-electron chi connectivity index (χ2n) is 17.5. The van der Waals surface area contributed by atoms with Crippen LogP contribution in [0.25, 0.3) is 4.85 Å². The third kappa shape index (κ3) is 4.09. The van der Waals surface area contributed by atoms with Crippen molar-refractivity contribution in [2.45, 2.75) is 58.1 Å². The summed E-state index contributed by atoms with van der Waals surface area (Å²) in [5.41, 5.74) is 17.0. The predicted molar refractivity (Wildman–Crippen MR) is 248 cm³/mol. The Morgan fingerprint density at radius 3 is 1.42 bits per heavy atom. The predicted octanol–water partition coefficient (Wildman–Crippen LogP) is 11.7. The molecule has 6 aliphatic rings. The summed E-state index contributed by atoms with van der Waals surface area (Å²) in [6, 6.07) is 50.8. The molecule has 6 heterocycles. The quantitative estimate of drug-likeness (QED) is 0.112. The van der Waals surface area contributed by atoms with Gasteiger partial charge in [0.1, 0.15) is 0 Å². The minimum Gasteiger partial charge on any atom is -0.359 e. The molecule has 0 bridgehead atoms. The molecule has 10 heteroatoms. The molecule has 6 aliphatic heterocycles. The fraction of sp³-hybridized carbons (Fsp3) is 0.120. The average Bonchev–Trinajstić information content (AvgIpc) is 3.68. The first-order valence-electron chi connectivity index (χ1n) is 20.4. The molecule has 282 valence electrons. The number of anilines is 8. The van der Waals surface area contributed by atoms with Crippen molar-refractivity contribution in [2.24, 2.45) is 0 Å². The molecule has 7 aromatic carbocycles. The Morgan fingerprint density at radius 2 is 0.933 bits per heavy atom. The fourth-order valence-electron chi connectivity index (χ4n) is 11.3. The lowest BCUT2D eigenvalue weighted by atomic mass is 9.61. The van der Waals surface area contributed by atoms with Gasteiger partial charge in [0.15, 0.2) is 5.69 Å². The van der Waals surface area contributed by atoms with Crippen LogP contribution in [0.2, 0.25) is 0 Å². The van der Waals surface area contributed by atoms with E-state index < -0.39 is 10.8 Å². The summed E-state index contributed by atoms with van der Waals surface area (Å²) >= 11 is 3.68. The Bertz CT molecular complexity index is 3010. The summed E-state index contributed by atoms with van der Waals surface area (Å²) in [7, 11) is 0. The lowest BCUT2D eigenvalue weighted by Crippen LogP contribution is -2.56. The monoisotopic (exact) mass is 804 g/mol. The first-order chi connectivity index (χ1) is 29.2. The van der Waals surface area contributed by atoms with Gasteiger partial charge >= 0.3 is 14.0 Å². The second kappa shape index (κ2) is 11.6. The summed E-state index contributed by atoms with van der Waals surface area (Å²) < 4.78 is 0. The van der Waals surface area contributed by atoms with E-state index in [0.29, 0.717) is 11.3 Å². The van der Waals surface area contributed by atoms with Crippen molar-refractivity contribution in [2.75, 3.05) is 19.2 Å². The Kier molecular flexibility index (Phi) is 6.67. The van der Waals surface area contributed by atoms with Crippen LogP contribution in [0.4, 0.5) is 51.2 Å². The SMILES string of the molecule is [C-]#[N+]c1ccc2c(c1)C(C)(C)c1c3c4c(c5c1N2B1c2ccccc2Sc2ccccc2N15)C(C)(C)c1cc(C#N)ccc1N4B1c2ccccc2Sc2ccccc2N13. The van der Waals surface area contributed by atoms with Crippen molar-refractivity contribution in [1.29, 1.82) is 5.26 Å². The molecule has 13 rings (SSSR count). The minimum absolute atomic E-state index is 0.210. The van der Waals surface area contributed by atoms with Gasteiger partial charge in [0.05, 0.1) is 41.0 Å². The van der Waals surface area contributed by atoms with Crippen molar-refractivity contribution in [3.63, 3.8) is 0 Å². The van der Waals surface area contributed by atoms with Crippen molar-refractivity contribution < 1.29 is 0 Å². The Hall–Kier alpha value is -6.45. The number of para-hydroxylation sites is 2. The van der Waals surface area contributed by atoms with Crippen LogP contribution in [0.15, 0.2) is 153 Å². The van der Waals surface area contributed by atoms with E-state index >= 15 is 0 Å². The summed E-state index contributed by atoms with van der Waals surface area (Å²) in [6.07, 6.45) is 0. The van der Waals surface area contributed by atoms with Crippen molar-refractivity contribution >= 4 is 99.6 Å². The van der Waals surface area contributed by atoms with Gasteiger partial charge in [-0.3, -0.25) is 0 Å². The number of rotatable bonds is 0. The van der Waals surface area contributed by atoms with Crippen LogP contribution in [0, 0.1) is 17.9 Å². The Balaban J connectivity index is 1.28. The third-order valence-electron chi connectivity index (χ3n) is 13.8. The molecular formula is C50H34B2N6S2. The highest BCUT2D eigenvalue weighted by molar-refractivity contribution is 8.00. The van der Waals surface area contributed by atoms with E-state index in [1.165, 1.54) is 75.8 Å². The maximum atomic E-state index is 10.4. The average molecular weight is 805 g/mol. The van der Waals surface area contributed by atoms with Gasteiger partial charge in [0, 0.05) is 64.3 Å². The maximum Gasteiger partial charge on any atom is 0.421 e. The molecule has 0 saturated carbocycles. The molecular weight excluding hydrogens is 770 g/mol. The molecule has 0 fully saturated rings. The van der Waals surface area contributed by atoms with Gasteiger partial charge < -0.3 is 19.2 Å². The molecule has 0 aromatic heterocycles. The van der Waals surface area contributed by atoms with Crippen LogP contribution in [0.3, 0.4) is 0 Å². The summed E-state index contributed by atoms with van der Waals surface area (Å²) in [4.78, 5) is 19.4. The normalized spacial score (nSPS) is 16.9. The van der Waals surface area contributed by atoms with Gasteiger partial charge in [-0.1, -0.05) is 124 Å². The summed E-state index contributed by atoms with van der Waals surface area (Å²) in [6.45, 7) is 17.3. The summed E-state index contributed by atoms with van der Waals surface area (Å²) in [5, 5.41) is 10.4. The zero-order valence-electron chi connectivity index (χ0n) is 33.4. The molecule has 0 unspecified atom stereocenters. The second-order valence-corrected chi connectivity index (χ2v) is 19.7. The molecule has 0 N–H and O–H groups in total. The lowest BCUT2D eigenvalue weighted by Gasteiger charge is -2.46. The molecule has 6 nitrogen and oxygen atoms in total. The largest absolute Gasteiger partial charge is 0.421 e. The first-order valence-corrected chi connectivity index (χ1v) is 22.1. The molecule has 0 amide bonds. The number of benzene rings is 7. The van der Waals surface area contributed by atoms with Gasteiger partial charge in [0.25, 0.3) is 0 Å². The Labute approximate surface area is 359 Å². The van der Waals surface area contributed by atoms with Gasteiger partial charge in [-0.25, -0.2) is 4.85 Å². The number of nitriles is 1. The number of hydrogen-bond donors (Lipinski definition) is 0. The van der Waals surface area contributed by atoms with E-state index in [0.717, 1.165) is 22.5 Å². The van der Waals surface area contributed by atoms with E-state index in [1.807, 2.05) is 35.7 Å². The van der Waals surface area contributed by atoms with Crippen LogP contribution in [-0.2, 0) is 10.8 Å². The van der Waals surface area contributed by atoms with E-state index in [9.17, 15) is 5.26 Å².